The highest BCUT2D eigenvalue weighted by molar-refractivity contribution is 7.91. The Morgan fingerprint density at radius 2 is 2.27 bits per heavy atom. The Kier molecular flexibility index (Phi) is 3.85. The normalized spacial score (nSPS) is 11.0. The van der Waals surface area contributed by atoms with Gasteiger partial charge in [0.1, 0.15) is 5.75 Å². The van der Waals surface area contributed by atoms with Crippen molar-refractivity contribution < 1.29 is 13.2 Å². The summed E-state index contributed by atoms with van der Waals surface area (Å²) >= 11 is 0. The Morgan fingerprint density at radius 3 is 2.80 bits per heavy atom. The zero-order chi connectivity index (χ0) is 11.3. The number of carbonyl (C=O) groups is 1. The molecular formula is C10H12NO3S. The second-order valence-electron chi connectivity index (χ2n) is 3.26. The van der Waals surface area contributed by atoms with Crippen LogP contribution < -0.4 is 5.32 Å². The van der Waals surface area contributed by atoms with E-state index in [1.54, 1.807) is 18.2 Å². The lowest BCUT2D eigenvalue weighted by atomic mass is 10.2. The topological polar surface area (TPSA) is 63.2 Å². The number of carbonyl (C=O) groups excluding carboxylic acids is 1. The van der Waals surface area contributed by atoms with E-state index in [1.807, 2.05) is 6.07 Å². The fourth-order valence-corrected chi connectivity index (χ4v) is 1.61. The number of hydrogen-bond donors (Lipinski definition) is 1. The Bertz CT molecular complexity index is 425. The van der Waals surface area contributed by atoms with Crippen LogP contribution in [0.5, 0.6) is 0 Å². The Hall–Kier alpha value is -1.36. The van der Waals surface area contributed by atoms with Gasteiger partial charge in [-0.3, -0.25) is 4.79 Å². The number of rotatable bonds is 4. The van der Waals surface area contributed by atoms with Gasteiger partial charge in [0, 0.05) is 12.8 Å². The summed E-state index contributed by atoms with van der Waals surface area (Å²) in [5, 5.41) is 2.52. The van der Waals surface area contributed by atoms with Crippen LogP contribution in [-0.4, -0.2) is 26.3 Å². The van der Waals surface area contributed by atoms with Crippen molar-refractivity contribution in [1.29, 1.82) is 0 Å². The van der Waals surface area contributed by atoms with Gasteiger partial charge in [-0.2, -0.15) is 0 Å². The van der Waals surface area contributed by atoms with Crippen LogP contribution >= 0.6 is 0 Å². The summed E-state index contributed by atoms with van der Waals surface area (Å²) in [6.45, 7) is 0.325. The molecule has 1 aromatic carbocycles. The van der Waals surface area contributed by atoms with Gasteiger partial charge in [-0.05, 0) is 17.7 Å². The number of benzene rings is 1. The molecule has 0 aliphatic rings. The summed E-state index contributed by atoms with van der Waals surface area (Å²) in [5.74, 6) is -0.954. The molecule has 81 valence electrons. The third-order valence-electron chi connectivity index (χ3n) is 1.65. The average Bonchev–Trinajstić information content (AvgIpc) is 2.14. The van der Waals surface area contributed by atoms with Gasteiger partial charge in [-0.1, -0.05) is 18.2 Å². The standard InChI is InChI=1S/C10H12NO3S/c1-15(13,14)8-10(12)11-7-9-5-3-2-4-6-9/h2-3,5-6H,7-8H2,1H3,(H,11,12). The third kappa shape index (κ3) is 5.17. The van der Waals surface area contributed by atoms with Crippen molar-refractivity contribution in [2.24, 2.45) is 0 Å². The summed E-state index contributed by atoms with van der Waals surface area (Å²) in [7, 11) is -3.25. The predicted octanol–water partition coefficient (Wildman–Crippen LogP) is 0.148. The van der Waals surface area contributed by atoms with Gasteiger partial charge in [-0.25, -0.2) is 8.42 Å². The van der Waals surface area contributed by atoms with Crippen molar-refractivity contribution in [3.63, 3.8) is 0 Å². The van der Waals surface area contributed by atoms with Gasteiger partial charge in [0.25, 0.3) is 0 Å². The highest BCUT2D eigenvalue weighted by Gasteiger charge is 2.09. The molecule has 1 radical (unpaired) electrons. The first-order chi connectivity index (χ1) is 6.97. The molecule has 0 saturated heterocycles. The Labute approximate surface area is 89.2 Å². The fraction of sp³-hybridized carbons (Fsp3) is 0.300. The molecule has 5 heteroatoms. The minimum atomic E-state index is -3.25. The average molecular weight is 226 g/mol. The molecular weight excluding hydrogens is 214 g/mol. The van der Waals surface area contributed by atoms with E-state index < -0.39 is 21.5 Å². The monoisotopic (exact) mass is 226 g/mol. The lowest BCUT2D eigenvalue weighted by Gasteiger charge is -2.03. The maximum absolute atomic E-state index is 11.1. The van der Waals surface area contributed by atoms with Crippen molar-refractivity contribution >= 4 is 15.7 Å². The molecule has 0 aromatic heterocycles. The van der Waals surface area contributed by atoms with Gasteiger partial charge in [0.2, 0.25) is 5.91 Å². The smallest absolute Gasteiger partial charge is 0.235 e. The lowest BCUT2D eigenvalue weighted by Crippen LogP contribution is -2.29. The van der Waals surface area contributed by atoms with Gasteiger partial charge in [0.15, 0.2) is 9.84 Å². The zero-order valence-corrected chi connectivity index (χ0v) is 9.17. The fourth-order valence-electron chi connectivity index (χ4n) is 1.03. The minimum Gasteiger partial charge on any atom is -0.351 e. The maximum atomic E-state index is 11.1. The van der Waals surface area contributed by atoms with Gasteiger partial charge in [-0.15, -0.1) is 0 Å². The number of hydrogen-bond acceptors (Lipinski definition) is 3. The Morgan fingerprint density at radius 1 is 1.53 bits per heavy atom. The van der Waals surface area contributed by atoms with E-state index in [0.29, 0.717) is 6.54 Å². The molecule has 1 N–H and O–H groups in total. The van der Waals surface area contributed by atoms with Crippen molar-refractivity contribution in [3.8, 4) is 0 Å². The van der Waals surface area contributed by atoms with Gasteiger partial charge >= 0.3 is 0 Å². The molecule has 0 heterocycles. The number of nitrogens with one attached hydrogen (secondary N) is 1. The van der Waals surface area contributed by atoms with Crippen LogP contribution in [0.4, 0.5) is 0 Å². The molecule has 0 bridgehead atoms. The maximum Gasteiger partial charge on any atom is 0.235 e. The van der Waals surface area contributed by atoms with E-state index in [-0.39, 0.29) is 0 Å². The third-order valence-corrected chi connectivity index (χ3v) is 2.44. The Balaban J connectivity index is 2.42. The van der Waals surface area contributed by atoms with Crippen LogP contribution in [0.25, 0.3) is 0 Å². The molecule has 4 nitrogen and oxygen atoms in total. The molecule has 1 amide bonds. The summed E-state index contributed by atoms with van der Waals surface area (Å²) in [4.78, 5) is 11.1. The molecule has 1 aromatic rings. The number of amides is 1. The summed E-state index contributed by atoms with van der Waals surface area (Å²) in [6, 6.07) is 9.99. The molecule has 0 fully saturated rings. The van der Waals surface area contributed by atoms with Crippen LogP contribution in [0.15, 0.2) is 24.3 Å². The van der Waals surface area contributed by atoms with E-state index in [2.05, 4.69) is 11.4 Å². The van der Waals surface area contributed by atoms with E-state index in [0.717, 1.165) is 11.8 Å². The second kappa shape index (κ2) is 4.93. The molecule has 0 aliphatic heterocycles. The van der Waals surface area contributed by atoms with Crippen molar-refractivity contribution in [2.75, 3.05) is 12.0 Å². The first-order valence-corrected chi connectivity index (χ1v) is 6.43. The molecule has 0 atom stereocenters. The molecule has 15 heavy (non-hydrogen) atoms. The first kappa shape index (κ1) is 11.7. The second-order valence-corrected chi connectivity index (χ2v) is 5.40. The van der Waals surface area contributed by atoms with Crippen LogP contribution in [0.1, 0.15) is 5.56 Å². The van der Waals surface area contributed by atoms with Crippen molar-refractivity contribution in [3.05, 3.63) is 35.9 Å². The first-order valence-electron chi connectivity index (χ1n) is 4.37. The zero-order valence-electron chi connectivity index (χ0n) is 8.36. The highest BCUT2D eigenvalue weighted by atomic mass is 32.2. The molecule has 1 rings (SSSR count). The van der Waals surface area contributed by atoms with Crippen LogP contribution in [0.3, 0.4) is 0 Å². The molecule has 0 unspecified atom stereocenters. The molecule has 0 spiro atoms. The van der Waals surface area contributed by atoms with Gasteiger partial charge < -0.3 is 5.32 Å². The lowest BCUT2D eigenvalue weighted by molar-refractivity contribution is -0.118. The summed E-state index contributed by atoms with van der Waals surface area (Å²) in [6.07, 6.45) is 1.03. The summed E-state index contributed by atoms with van der Waals surface area (Å²) in [5.41, 5.74) is 0.888. The minimum absolute atomic E-state index is 0.325. The largest absolute Gasteiger partial charge is 0.351 e. The van der Waals surface area contributed by atoms with E-state index in [9.17, 15) is 13.2 Å². The van der Waals surface area contributed by atoms with Crippen molar-refractivity contribution in [2.45, 2.75) is 6.54 Å². The molecule has 0 saturated carbocycles. The summed E-state index contributed by atoms with van der Waals surface area (Å²) < 4.78 is 21.6. The predicted molar refractivity (Wildman–Crippen MR) is 56.8 cm³/mol. The van der Waals surface area contributed by atoms with Crippen LogP contribution in [-0.2, 0) is 21.2 Å². The van der Waals surface area contributed by atoms with Crippen LogP contribution in [0.2, 0.25) is 0 Å². The van der Waals surface area contributed by atoms with E-state index in [4.69, 9.17) is 0 Å². The quantitative estimate of drug-likeness (QED) is 0.794. The number of sulfone groups is 1. The highest BCUT2D eigenvalue weighted by Crippen LogP contribution is 1.96. The van der Waals surface area contributed by atoms with Gasteiger partial charge in [0.05, 0.1) is 0 Å². The molecule has 0 aliphatic carbocycles. The van der Waals surface area contributed by atoms with Crippen molar-refractivity contribution in [1.82, 2.24) is 5.32 Å². The van der Waals surface area contributed by atoms with Crippen LogP contribution in [0, 0.1) is 6.07 Å². The van der Waals surface area contributed by atoms with E-state index in [1.165, 1.54) is 0 Å². The van der Waals surface area contributed by atoms with E-state index >= 15 is 0 Å². The SMILES string of the molecule is CS(=O)(=O)CC(=O)NCc1c[c]ccc1.